The van der Waals surface area contributed by atoms with Gasteiger partial charge in [0.1, 0.15) is 5.56 Å². The molecule has 120 valence electrons. The van der Waals surface area contributed by atoms with Gasteiger partial charge in [-0.1, -0.05) is 23.2 Å². The minimum absolute atomic E-state index is 0.0170. The summed E-state index contributed by atoms with van der Waals surface area (Å²) in [4.78, 5) is 37.5. The lowest BCUT2D eigenvalue weighted by atomic mass is 10.2. The van der Waals surface area contributed by atoms with Crippen molar-refractivity contribution >= 4 is 35.0 Å². The van der Waals surface area contributed by atoms with Gasteiger partial charge in [-0.15, -0.1) is 0 Å². The Bertz CT molecular complexity index is 790. The van der Waals surface area contributed by atoms with E-state index < -0.39 is 11.5 Å². The molecule has 0 saturated carbocycles. The molecule has 6 nitrogen and oxygen atoms in total. The minimum atomic E-state index is -0.504. The Labute approximate surface area is 141 Å². The second kappa shape index (κ2) is 7.80. The van der Waals surface area contributed by atoms with Crippen molar-refractivity contribution in [2.24, 2.45) is 0 Å². The normalized spacial score (nSPS) is 10.2. The third-order valence-electron chi connectivity index (χ3n) is 2.94. The topological polar surface area (TPSA) is 91.1 Å². The summed E-state index contributed by atoms with van der Waals surface area (Å²) in [6.07, 6.45) is 1.44. The molecule has 8 heteroatoms. The third kappa shape index (κ3) is 4.58. The van der Waals surface area contributed by atoms with Crippen LogP contribution < -0.4 is 16.2 Å². The zero-order valence-electron chi connectivity index (χ0n) is 11.9. The van der Waals surface area contributed by atoms with Gasteiger partial charge in [0.05, 0.1) is 10.0 Å². The first-order valence-electron chi connectivity index (χ1n) is 6.68. The SMILES string of the molecule is O=C(NCCNC(=O)c1ccc[nH]c1=O)c1ccc(Cl)c(Cl)c1. The van der Waals surface area contributed by atoms with Crippen LogP contribution in [0.2, 0.25) is 10.0 Å². The van der Waals surface area contributed by atoms with Crippen molar-refractivity contribution in [1.82, 2.24) is 15.6 Å². The van der Waals surface area contributed by atoms with E-state index in [1.165, 1.54) is 24.4 Å². The molecule has 0 aliphatic rings. The van der Waals surface area contributed by atoms with Crippen molar-refractivity contribution in [3.63, 3.8) is 0 Å². The number of hydrogen-bond acceptors (Lipinski definition) is 3. The molecule has 0 aliphatic heterocycles. The molecule has 0 spiro atoms. The van der Waals surface area contributed by atoms with Crippen LogP contribution in [-0.2, 0) is 0 Å². The number of aromatic amines is 1. The standard InChI is InChI=1S/C15H13Cl2N3O3/c16-11-4-3-9(8-12(11)17)13(21)19-6-7-20-15(23)10-2-1-5-18-14(10)22/h1-5,8H,6-7H2,(H,18,22)(H,19,21)(H,20,23). The predicted molar refractivity (Wildman–Crippen MR) is 88.2 cm³/mol. The maximum Gasteiger partial charge on any atom is 0.260 e. The van der Waals surface area contributed by atoms with Gasteiger partial charge in [0.15, 0.2) is 0 Å². The Hall–Kier alpha value is -2.31. The summed E-state index contributed by atoms with van der Waals surface area (Å²) < 4.78 is 0. The Kier molecular flexibility index (Phi) is 5.78. The summed E-state index contributed by atoms with van der Waals surface area (Å²) in [5.41, 5.74) is -0.0848. The Morgan fingerprint density at radius 1 is 1.00 bits per heavy atom. The fourth-order valence-corrected chi connectivity index (χ4v) is 2.09. The smallest absolute Gasteiger partial charge is 0.260 e. The first-order valence-corrected chi connectivity index (χ1v) is 7.44. The van der Waals surface area contributed by atoms with E-state index in [2.05, 4.69) is 15.6 Å². The third-order valence-corrected chi connectivity index (χ3v) is 3.68. The average molecular weight is 354 g/mol. The highest BCUT2D eigenvalue weighted by atomic mass is 35.5. The lowest BCUT2D eigenvalue weighted by Crippen LogP contribution is -2.36. The number of H-pyrrole nitrogens is 1. The van der Waals surface area contributed by atoms with Crippen LogP contribution in [0.25, 0.3) is 0 Å². The molecular formula is C15H13Cl2N3O3. The molecule has 0 fully saturated rings. The minimum Gasteiger partial charge on any atom is -0.350 e. The molecule has 0 unspecified atom stereocenters. The van der Waals surface area contributed by atoms with Crippen LogP contribution in [0.15, 0.2) is 41.3 Å². The zero-order valence-corrected chi connectivity index (χ0v) is 13.4. The van der Waals surface area contributed by atoms with Gasteiger partial charge in [0, 0.05) is 24.8 Å². The molecule has 0 aliphatic carbocycles. The predicted octanol–water partition coefficient (Wildman–Crippen LogP) is 1.84. The van der Waals surface area contributed by atoms with Crippen molar-refractivity contribution in [1.29, 1.82) is 0 Å². The van der Waals surface area contributed by atoms with E-state index in [0.29, 0.717) is 10.6 Å². The molecule has 0 atom stereocenters. The number of aromatic nitrogens is 1. The van der Waals surface area contributed by atoms with Gasteiger partial charge in [0.2, 0.25) is 0 Å². The molecule has 1 aromatic carbocycles. The van der Waals surface area contributed by atoms with Gasteiger partial charge in [-0.2, -0.15) is 0 Å². The van der Waals surface area contributed by atoms with Gasteiger partial charge < -0.3 is 15.6 Å². The largest absolute Gasteiger partial charge is 0.350 e. The van der Waals surface area contributed by atoms with Gasteiger partial charge in [-0.3, -0.25) is 14.4 Å². The molecule has 0 bridgehead atoms. The van der Waals surface area contributed by atoms with Gasteiger partial charge in [-0.25, -0.2) is 0 Å². The molecule has 23 heavy (non-hydrogen) atoms. The summed E-state index contributed by atoms with van der Waals surface area (Å²) in [6.45, 7) is 0.385. The molecule has 3 N–H and O–H groups in total. The Balaban J connectivity index is 1.82. The summed E-state index contributed by atoms with van der Waals surface area (Å²) in [5, 5.41) is 5.82. The molecule has 2 amide bonds. The summed E-state index contributed by atoms with van der Waals surface area (Å²) in [5.74, 6) is -0.842. The van der Waals surface area contributed by atoms with E-state index in [1.54, 1.807) is 12.1 Å². The number of amides is 2. The highest BCUT2D eigenvalue weighted by Gasteiger charge is 2.10. The van der Waals surface area contributed by atoms with Crippen LogP contribution in [0.3, 0.4) is 0 Å². The quantitative estimate of drug-likeness (QED) is 0.716. The highest BCUT2D eigenvalue weighted by Crippen LogP contribution is 2.22. The zero-order chi connectivity index (χ0) is 16.8. The fraction of sp³-hybridized carbons (Fsp3) is 0.133. The van der Waals surface area contributed by atoms with Crippen molar-refractivity contribution in [3.8, 4) is 0 Å². The van der Waals surface area contributed by atoms with Crippen molar-refractivity contribution in [2.75, 3.05) is 13.1 Å². The van der Waals surface area contributed by atoms with Crippen LogP contribution in [0.5, 0.6) is 0 Å². The van der Waals surface area contributed by atoms with Gasteiger partial charge >= 0.3 is 0 Å². The number of halogens is 2. The van der Waals surface area contributed by atoms with E-state index in [0.717, 1.165) is 0 Å². The number of benzene rings is 1. The molecule has 0 saturated heterocycles. The van der Waals surface area contributed by atoms with E-state index >= 15 is 0 Å². The number of rotatable bonds is 5. The lowest BCUT2D eigenvalue weighted by molar-refractivity contribution is 0.0927. The van der Waals surface area contributed by atoms with Crippen LogP contribution in [0.1, 0.15) is 20.7 Å². The summed E-state index contributed by atoms with van der Waals surface area (Å²) >= 11 is 11.6. The monoisotopic (exact) mass is 353 g/mol. The maximum atomic E-state index is 11.9. The number of pyridine rings is 1. The average Bonchev–Trinajstić information content (AvgIpc) is 2.54. The molecule has 2 rings (SSSR count). The van der Waals surface area contributed by atoms with Crippen LogP contribution in [-0.4, -0.2) is 29.9 Å². The summed E-state index contributed by atoms with van der Waals surface area (Å²) in [7, 11) is 0. The van der Waals surface area contributed by atoms with Crippen LogP contribution in [0.4, 0.5) is 0 Å². The van der Waals surface area contributed by atoms with E-state index in [9.17, 15) is 14.4 Å². The number of hydrogen-bond donors (Lipinski definition) is 3. The first kappa shape index (κ1) is 17.1. The summed E-state index contributed by atoms with van der Waals surface area (Å²) in [6, 6.07) is 7.51. The Morgan fingerprint density at radius 3 is 2.35 bits per heavy atom. The maximum absolute atomic E-state index is 11.9. The second-order valence-electron chi connectivity index (χ2n) is 4.55. The molecular weight excluding hydrogens is 341 g/mol. The van der Waals surface area contributed by atoms with Crippen LogP contribution >= 0.6 is 23.2 Å². The number of carbonyl (C=O) groups is 2. The van der Waals surface area contributed by atoms with Crippen molar-refractivity contribution in [2.45, 2.75) is 0 Å². The van der Waals surface area contributed by atoms with Gasteiger partial charge in [-0.05, 0) is 30.3 Å². The van der Waals surface area contributed by atoms with Gasteiger partial charge in [0.25, 0.3) is 17.4 Å². The molecule has 1 heterocycles. The fourth-order valence-electron chi connectivity index (χ4n) is 1.79. The number of nitrogens with one attached hydrogen (secondary N) is 3. The van der Waals surface area contributed by atoms with Crippen molar-refractivity contribution < 1.29 is 9.59 Å². The second-order valence-corrected chi connectivity index (χ2v) is 5.37. The number of carbonyl (C=O) groups excluding carboxylic acids is 2. The van der Waals surface area contributed by atoms with Crippen LogP contribution in [0, 0.1) is 0 Å². The first-order chi connectivity index (χ1) is 11.0. The van der Waals surface area contributed by atoms with E-state index in [1.807, 2.05) is 0 Å². The molecule has 2 aromatic rings. The molecule has 1 aromatic heterocycles. The Morgan fingerprint density at radius 2 is 1.70 bits per heavy atom. The lowest BCUT2D eigenvalue weighted by Gasteiger charge is -2.07. The van der Waals surface area contributed by atoms with E-state index in [4.69, 9.17) is 23.2 Å². The highest BCUT2D eigenvalue weighted by molar-refractivity contribution is 6.42. The van der Waals surface area contributed by atoms with Crippen molar-refractivity contribution in [3.05, 3.63) is 68.1 Å². The van der Waals surface area contributed by atoms with E-state index in [-0.39, 0.29) is 29.6 Å². The molecule has 0 radical (unpaired) electrons.